The average Bonchev–Trinajstić information content (AvgIpc) is 2.95. The second kappa shape index (κ2) is 3.88. The van der Waals surface area contributed by atoms with E-state index in [1.54, 1.807) is 0 Å². The number of hydrogen-bond acceptors (Lipinski definition) is 2. The molecule has 80 valence electrons. The van der Waals surface area contributed by atoms with E-state index in [4.69, 9.17) is 5.73 Å². The van der Waals surface area contributed by atoms with Crippen molar-refractivity contribution in [3.05, 3.63) is 24.0 Å². The van der Waals surface area contributed by atoms with E-state index >= 15 is 0 Å². The van der Waals surface area contributed by atoms with E-state index in [0.29, 0.717) is 23.7 Å². The summed E-state index contributed by atoms with van der Waals surface area (Å²) in [4.78, 5) is 11.4. The van der Waals surface area contributed by atoms with Gasteiger partial charge in [0.25, 0.3) is 0 Å². The highest BCUT2D eigenvalue weighted by atomic mass is 19.1. The Bertz CT molecular complexity index is 388. The van der Waals surface area contributed by atoms with Crippen molar-refractivity contribution in [1.82, 2.24) is 0 Å². The number of nitrogens with two attached hydrogens (primary N) is 1. The van der Waals surface area contributed by atoms with Crippen LogP contribution in [-0.2, 0) is 4.79 Å². The second-order valence-electron chi connectivity index (χ2n) is 3.93. The van der Waals surface area contributed by atoms with E-state index in [-0.39, 0.29) is 5.91 Å². The molecule has 3 nitrogen and oxygen atoms in total. The summed E-state index contributed by atoms with van der Waals surface area (Å²) in [5.74, 6) is 0.0282. The normalized spacial score (nSPS) is 15.0. The van der Waals surface area contributed by atoms with Gasteiger partial charge in [0.1, 0.15) is 5.82 Å². The third kappa shape index (κ3) is 2.68. The highest BCUT2D eigenvalue weighted by Crippen LogP contribution is 2.32. The summed E-state index contributed by atoms with van der Waals surface area (Å²) < 4.78 is 12.9. The molecule has 0 atom stereocenters. The van der Waals surface area contributed by atoms with Gasteiger partial charge in [0.15, 0.2) is 0 Å². The van der Waals surface area contributed by atoms with Crippen molar-refractivity contribution in [2.24, 2.45) is 5.92 Å². The van der Waals surface area contributed by atoms with Crippen molar-refractivity contribution < 1.29 is 9.18 Å². The number of nitrogen functional groups attached to an aromatic ring is 1. The van der Waals surface area contributed by atoms with E-state index in [2.05, 4.69) is 5.32 Å². The number of hydrogen-bond donors (Lipinski definition) is 2. The number of nitrogens with one attached hydrogen (secondary N) is 1. The molecule has 0 aliphatic heterocycles. The minimum atomic E-state index is -0.397. The highest BCUT2D eigenvalue weighted by molar-refractivity contribution is 5.94. The van der Waals surface area contributed by atoms with Crippen LogP contribution in [0.15, 0.2) is 18.2 Å². The standard InChI is InChI=1S/C11H13FN2O/c12-8-3-4-9(13)10(6-8)14-11(15)5-7-1-2-7/h3-4,6-7H,1-2,5,13H2,(H,14,15). The third-order valence-electron chi connectivity index (χ3n) is 2.46. The fraction of sp³-hybridized carbons (Fsp3) is 0.364. The molecule has 3 N–H and O–H groups in total. The minimum Gasteiger partial charge on any atom is -0.397 e. The lowest BCUT2D eigenvalue weighted by atomic mass is 10.2. The first-order chi connectivity index (χ1) is 7.15. The lowest BCUT2D eigenvalue weighted by molar-refractivity contribution is -0.116. The summed E-state index contributed by atoms with van der Waals surface area (Å²) in [5, 5.41) is 2.62. The van der Waals surface area contributed by atoms with Gasteiger partial charge >= 0.3 is 0 Å². The molecule has 0 spiro atoms. The van der Waals surface area contributed by atoms with Crippen LogP contribution < -0.4 is 11.1 Å². The van der Waals surface area contributed by atoms with Gasteiger partial charge in [-0.05, 0) is 37.0 Å². The van der Waals surface area contributed by atoms with Gasteiger partial charge in [-0.2, -0.15) is 0 Å². The second-order valence-corrected chi connectivity index (χ2v) is 3.93. The molecule has 15 heavy (non-hydrogen) atoms. The lowest BCUT2D eigenvalue weighted by Crippen LogP contribution is -2.13. The Kier molecular flexibility index (Phi) is 2.58. The summed E-state index contributed by atoms with van der Waals surface area (Å²) in [7, 11) is 0. The number of carbonyl (C=O) groups is 1. The molecule has 1 fully saturated rings. The summed E-state index contributed by atoms with van der Waals surface area (Å²) >= 11 is 0. The molecule has 1 aromatic rings. The largest absolute Gasteiger partial charge is 0.397 e. The monoisotopic (exact) mass is 208 g/mol. The predicted octanol–water partition coefficient (Wildman–Crippen LogP) is 2.15. The van der Waals surface area contributed by atoms with E-state index in [1.807, 2.05) is 0 Å². The molecule has 0 bridgehead atoms. The van der Waals surface area contributed by atoms with Gasteiger partial charge in [0.2, 0.25) is 5.91 Å². The maximum atomic E-state index is 12.9. The van der Waals surface area contributed by atoms with Crippen LogP contribution in [0.1, 0.15) is 19.3 Å². The van der Waals surface area contributed by atoms with Gasteiger partial charge in [0, 0.05) is 6.42 Å². The van der Waals surface area contributed by atoms with Crippen molar-refractivity contribution in [1.29, 1.82) is 0 Å². The van der Waals surface area contributed by atoms with Gasteiger partial charge < -0.3 is 11.1 Å². The Morgan fingerprint density at radius 1 is 1.53 bits per heavy atom. The van der Waals surface area contributed by atoms with Crippen LogP contribution in [-0.4, -0.2) is 5.91 Å². The maximum Gasteiger partial charge on any atom is 0.224 e. The third-order valence-corrected chi connectivity index (χ3v) is 2.46. The summed E-state index contributed by atoms with van der Waals surface area (Å²) in [6, 6.07) is 3.95. The molecule has 1 amide bonds. The van der Waals surface area contributed by atoms with E-state index in [0.717, 1.165) is 12.8 Å². The van der Waals surface area contributed by atoms with Crippen LogP contribution in [0.3, 0.4) is 0 Å². The molecular weight excluding hydrogens is 195 g/mol. The molecule has 1 aliphatic carbocycles. The molecule has 0 saturated heterocycles. The predicted molar refractivity (Wildman–Crippen MR) is 56.8 cm³/mol. The van der Waals surface area contributed by atoms with E-state index < -0.39 is 5.82 Å². The smallest absolute Gasteiger partial charge is 0.224 e. The van der Waals surface area contributed by atoms with Gasteiger partial charge in [-0.25, -0.2) is 4.39 Å². The molecule has 0 heterocycles. The molecular formula is C11H13FN2O. The van der Waals surface area contributed by atoms with Crippen LogP contribution in [0.25, 0.3) is 0 Å². The Hall–Kier alpha value is -1.58. The van der Waals surface area contributed by atoms with Crippen molar-refractivity contribution in [3.8, 4) is 0 Å². The summed E-state index contributed by atoms with van der Waals surface area (Å²) in [6.45, 7) is 0. The molecule has 0 unspecified atom stereocenters. The lowest BCUT2D eigenvalue weighted by Gasteiger charge is -2.07. The zero-order chi connectivity index (χ0) is 10.8. The number of amides is 1. The van der Waals surface area contributed by atoms with Crippen LogP contribution in [0, 0.1) is 11.7 Å². The van der Waals surface area contributed by atoms with Crippen LogP contribution in [0.5, 0.6) is 0 Å². The van der Waals surface area contributed by atoms with Crippen molar-refractivity contribution in [2.75, 3.05) is 11.1 Å². The molecule has 1 aromatic carbocycles. The number of rotatable bonds is 3. The van der Waals surface area contributed by atoms with E-state index in [1.165, 1.54) is 18.2 Å². The first-order valence-electron chi connectivity index (χ1n) is 5.00. The highest BCUT2D eigenvalue weighted by Gasteiger charge is 2.24. The molecule has 0 radical (unpaired) electrons. The number of halogens is 1. The fourth-order valence-electron chi connectivity index (χ4n) is 1.42. The van der Waals surface area contributed by atoms with E-state index in [9.17, 15) is 9.18 Å². The van der Waals surface area contributed by atoms with Crippen LogP contribution >= 0.6 is 0 Å². The zero-order valence-corrected chi connectivity index (χ0v) is 8.29. The molecule has 2 rings (SSSR count). The number of carbonyl (C=O) groups excluding carboxylic acids is 1. The average molecular weight is 208 g/mol. The molecule has 0 aromatic heterocycles. The van der Waals surface area contributed by atoms with Gasteiger partial charge in [0.05, 0.1) is 11.4 Å². The first-order valence-corrected chi connectivity index (χ1v) is 5.00. The Morgan fingerprint density at radius 2 is 2.27 bits per heavy atom. The zero-order valence-electron chi connectivity index (χ0n) is 8.29. The van der Waals surface area contributed by atoms with Crippen molar-refractivity contribution in [2.45, 2.75) is 19.3 Å². The van der Waals surface area contributed by atoms with Crippen molar-refractivity contribution in [3.63, 3.8) is 0 Å². The van der Waals surface area contributed by atoms with Gasteiger partial charge in [-0.1, -0.05) is 0 Å². The van der Waals surface area contributed by atoms with Crippen molar-refractivity contribution >= 4 is 17.3 Å². The fourth-order valence-corrected chi connectivity index (χ4v) is 1.42. The molecule has 1 aliphatic rings. The van der Waals surface area contributed by atoms with Gasteiger partial charge in [-0.3, -0.25) is 4.79 Å². The Balaban J connectivity index is 2.01. The quantitative estimate of drug-likeness (QED) is 0.748. The SMILES string of the molecule is Nc1ccc(F)cc1NC(=O)CC1CC1. The summed E-state index contributed by atoms with van der Waals surface area (Å²) in [5.41, 5.74) is 6.35. The summed E-state index contributed by atoms with van der Waals surface area (Å²) in [6.07, 6.45) is 2.74. The topological polar surface area (TPSA) is 55.1 Å². The minimum absolute atomic E-state index is 0.0881. The number of benzene rings is 1. The Labute approximate surface area is 87.5 Å². The Morgan fingerprint density at radius 3 is 2.93 bits per heavy atom. The van der Waals surface area contributed by atoms with Crippen LogP contribution in [0.2, 0.25) is 0 Å². The number of anilines is 2. The first kappa shape index (κ1) is 9.96. The van der Waals surface area contributed by atoms with Crippen LogP contribution in [0.4, 0.5) is 15.8 Å². The maximum absolute atomic E-state index is 12.9. The molecule has 1 saturated carbocycles. The molecule has 4 heteroatoms. The van der Waals surface area contributed by atoms with Gasteiger partial charge in [-0.15, -0.1) is 0 Å².